The molecular weight excluding hydrogens is 405 g/mol. The molecule has 1 heterocycles. The third-order valence-electron chi connectivity index (χ3n) is 4.72. The van der Waals surface area contributed by atoms with Crippen molar-refractivity contribution in [1.82, 2.24) is 4.90 Å². The van der Waals surface area contributed by atoms with Crippen molar-refractivity contribution in [1.29, 1.82) is 0 Å². The summed E-state index contributed by atoms with van der Waals surface area (Å²) in [4.78, 5) is 14.4. The average molecular weight is 426 g/mol. The van der Waals surface area contributed by atoms with Crippen LogP contribution in [0.1, 0.15) is 17.5 Å². The molecule has 28 heavy (non-hydrogen) atoms. The smallest absolute Gasteiger partial charge is 0.261 e. The van der Waals surface area contributed by atoms with E-state index in [4.69, 9.17) is 16.3 Å². The Hall–Kier alpha value is -2.12. The van der Waals surface area contributed by atoms with Crippen molar-refractivity contribution < 1.29 is 22.3 Å². The van der Waals surface area contributed by atoms with E-state index in [1.165, 1.54) is 17.0 Å². The van der Waals surface area contributed by atoms with Gasteiger partial charge >= 0.3 is 0 Å². The first-order chi connectivity index (χ1) is 13.2. The summed E-state index contributed by atoms with van der Waals surface area (Å²) in [6.07, 6.45) is 0.384. The molecule has 1 unspecified atom stereocenters. The molecular formula is C20H21ClFNO4S. The molecule has 2 aromatic rings. The monoisotopic (exact) mass is 425 g/mol. The van der Waals surface area contributed by atoms with E-state index in [0.29, 0.717) is 17.2 Å². The molecule has 1 aliphatic heterocycles. The Bertz CT molecular complexity index is 963. The summed E-state index contributed by atoms with van der Waals surface area (Å²) in [5.41, 5.74) is 1.52. The fraction of sp³-hybridized carbons (Fsp3) is 0.350. The summed E-state index contributed by atoms with van der Waals surface area (Å²) in [7, 11) is -3.16. The van der Waals surface area contributed by atoms with Crippen molar-refractivity contribution in [2.45, 2.75) is 25.9 Å². The fourth-order valence-electron chi connectivity index (χ4n) is 3.23. The van der Waals surface area contributed by atoms with Gasteiger partial charge in [0.2, 0.25) is 0 Å². The average Bonchev–Trinajstić information content (AvgIpc) is 2.99. The molecule has 0 aromatic heterocycles. The summed E-state index contributed by atoms with van der Waals surface area (Å²) in [6, 6.07) is 10.5. The molecule has 0 spiro atoms. The predicted molar refractivity (Wildman–Crippen MR) is 106 cm³/mol. The molecule has 2 aromatic carbocycles. The minimum Gasteiger partial charge on any atom is -0.483 e. The van der Waals surface area contributed by atoms with Crippen molar-refractivity contribution >= 4 is 27.3 Å². The molecule has 1 saturated heterocycles. The minimum atomic E-state index is -3.16. The molecule has 150 valence electrons. The van der Waals surface area contributed by atoms with Gasteiger partial charge in [0.25, 0.3) is 5.91 Å². The second kappa shape index (κ2) is 8.49. The standard InChI is InChI=1S/C20H21ClFNO4S/c1-14-10-16(21)4-7-19(14)27-12-20(24)23(18-8-9-28(25,26)13-18)11-15-2-5-17(22)6-3-15/h2-7,10,18H,8-9,11-13H2,1H3. The van der Waals surface area contributed by atoms with E-state index in [1.54, 1.807) is 30.3 Å². The van der Waals surface area contributed by atoms with E-state index in [2.05, 4.69) is 0 Å². The Morgan fingerprint density at radius 1 is 1.25 bits per heavy atom. The van der Waals surface area contributed by atoms with Crippen molar-refractivity contribution in [3.8, 4) is 5.75 Å². The second-order valence-corrected chi connectivity index (χ2v) is 9.57. The second-order valence-electron chi connectivity index (χ2n) is 6.90. The van der Waals surface area contributed by atoms with Gasteiger partial charge in [0.05, 0.1) is 11.5 Å². The number of ether oxygens (including phenoxy) is 1. The Kier molecular flexibility index (Phi) is 6.25. The predicted octanol–water partition coefficient (Wildman–Crippen LogP) is 3.38. The number of sulfone groups is 1. The lowest BCUT2D eigenvalue weighted by Crippen LogP contribution is -2.43. The minimum absolute atomic E-state index is 0.0576. The van der Waals surface area contributed by atoms with Crippen molar-refractivity contribution in [3.63, 3.8) is 0 Å². The lowest BCUT2D eigenvalue weighted by atomic mass is 10.1. The van der Waals surface area contributed by atoms with Gasteiger partial charge in [0, 0.05) is 17.6 Å². The summed E-state index contributed by atoms with van der Waals surface area (Å²) in [6.45, 7) is 1.80. The number of halogens is 2. The highest BCUT2D eigenvalue weighted by Crippen LogP contribution is 2.23. The summed E-state index contributed by atoms with van der Waals surface area (Å²) in [5, 5.41) is 0.574. The van der Waals surface area contributed by atoms with Crippen LogP contribution in [0, 0.1) is 12.7 Å². The Morgan fingerprint density at radius 3 is 2.57 bits per heavy atom. The number of aryl methyl sites for hydroxylation is 1. The topological polar surface area (TPSA) is 63.7 Å². The number of amides is 1. The Morgan fingerprint density at radius 2 is 1.96 bits per heavy atom. The summed E-state index contributed by atoms with van der Waals surface area (Å²) >= 11 is 5.93. The van der Waals surface area contributed by atoms with Gasteiger partial charge in [-0.1, -0.05) is 23.7 Å². The molecule has 1 atom stereocenters. The molecule has 1 aliphatic rings. The zero-order valence-electron chi connectivity index (χ0n) is 15.4. The lowest BCUT2D eigenvalue weighted by molar-refractivity contribution is -0.136. The molecule has 0 aliphatic carbocycles. The van der Waals surface area contributed by atoms with Crippen LogP contribution in [0.5, 0.6) is 5.75 Å². The number of carbonyl (C=O) groups excluding carboxylic acids is 1. The maximum absolute atomic E-state index is 13.2. The highest BCUT2D eigenvalue weighted by molar-refractivity contribution is 7.91. The van der Waals surface area contributed by atoms with E-state index in [0.717, 1.165) is 11.1 Å². The van der Waals surface area contributed by atoms with Crippen LogP contribution in [0.15, 0.2) is 42.5 Å². The van der Waals surface area contributed by atoms with Crippen LogP contribution in [0.25, 0.3) is 0 Å². The molecule has 3 rings (SSSR count). The van der Waals surface area contributed by atoms with Gasteiger partial charge < -0.3 is 9.64 Å². The van der Waals surface area contributed by atoms with E-state index >= 15 is 0 Å². The number of hydrogen-bond donors (Lipinski definition) is 0. The first-order valence-corrected chi connectivity index (χ1v) is 11.1. The first kappa shape index (κ1) is 20.6. The van der Waals surface area contributed by atoms with Crippen LogP contribution < -0.4 is 4.74 Å². The third kappa shape index (κ3) is 5.23. The van der Waals surface area contributed by atoms with Gasteiger partial charge in [-0.25, -0.2) is 12.8 Å². The fourth-order valence-corrected chi connectivity index (χ4v) is 5.18. The van der Waals surface area contributed by atoms with E-state index < -0.39 is 15.9 Å². The molecule has 8 heteroatoms. The van der Waals surface area contributed by atoms with Crippen LogP contribution in [0.2, 0.25) is 5.02 Å². The van der Waals surface area contributed by atoms with Gasteiger partial charge in [-0.05, 0) is 54.8 Å². The molecule has 0 bridgehead atoms. The largest absolute Gasteiger partial charge is 0.483 e. The SMILES string of the molecule is Cc1cc(Cl)ccc1OCC(=O)N(Cc1ccc(F)cc1)C1CCS(=O)(=O)C1. The van der Waals surface area contributed by atoms with Crippen LogP contribution in [-0.4, -0.2) is 43.4 Å². The maximum atomic E-state index is 13.2. The normalized spacial score (nSPS) is 18.0. The lowest BCUT2D eigenvalue weighted by Gasteiger charge is -2.28. The highest BCUT2D eigenvalue weighted by atomic mass is 35.5. The highest BCUT2D eigenvalue weighted by Gasteiger charge is 2.34. The Balaban J connectivity index is 1.75. The van der Waals surface area contributed by atoms with Crippen molar-refractivity contribution in [2.24, 2.45) is 0 Å². The van der Waals surface area contributed by atoms with Gasteiger partial charge in [-0.15, -0.1) is 0 Å². The van der Waals surface area contributed by atoms with Gasteiger partial charge in [-0.2, -0.15) is 0 Å². The number of rotatable bonds is 6. The molecule has 1 fully saturated rings. The van der Waals surface area contributed by atoms with E-state index in [-0.39, 0.29) is 36.4 Å². The number of benzene rings is 2. The van der Waals surface area contributed by atoms with Crippen LogP contribution in [0.4, 0.5) is 4.39 Å². The van der Waals surface area contributed by atoms with Crippen molar-refractivity contribution in [3.05, 3.63) is 64.4 Å². The van der Waals surface area contributed by atoms with Crippen LogP contribution in [0.3, 0.4) is 0 Å². The molecule has 0 N–H and O–H groups in total. The van der Waals surface area contributed by atoms with Gasteiger partial charge in [0.1, 0.15) is 11.6 Å². The third-order valence-corrected chi connectivity index (χ3v) is 6.71. The zero-order chi connectivity index (χ0) is 20.3. The first-order valence-electron chi connectivity index (χ1n) is 8.87. The zero-order valence-corrected chi connectivity index (χ0v) is 17.0. The molecule has 0 saturated carbocycles. The summed E-state index contributed by atoms with van der Waals surface area (Å²) in [5.74, 6) is -0.159. The van der Waals surface area contributed by atoms with Crippen LogP contribution in [-0.2, 0) is 21.2 Å². The van der Waals surface area contributed by atoms with Crippen LogP contribution >= 0.6 is 11.6 Å². The number of hydrogen-bond acceptors (Lipinski definition) is 4. The Labute approximate surface area is 169 Å². The molecule has 5 nitrogen and oxygen atoms in total. The quantitative estimate of drug-likeness (QED) is 0.711. The van der Waals surface area contributed by atoms with Gasteiger partial charge in [-0.3, -0.25) is 4.79 Å². The number of carbonyl (C=O) groups is 1. The maximum Gasteiger partial charge on any atom is 0.261 e. The van der Waals surface area contributed by atoms with Crippen molar-refractivity contribution in [2.75, 3.05) is 18.1 Å². The number of nitrogens with zero attached hydrogens (tertiary/aromatic N) is 1. The van der Waals surface area contributed by atoms with Gasteiger partial charge in [0.15, 0.2) is 16.4 Å². The van der Waals surface area contributed by atoms with E-state index in [1.807, 2.05) is 6.92 Å². The summed E-state index contributed by atoms with van der Waals surface area (Å²) < 4.78 is 42.6. The van der Waals surface area contributed by atoms with E-state index in [9.17, 15) is 17.6 Å². The molecule has 1 amide bonds. The molecule has 0 radical (unpaired) electrons.